The van der Waals surface area contributed by atoms with Gasteiger partial charge in [0.15, 0.2) is 0 Å². The van der Waals surface area contributed by atoms with Gasteiger partial charge in [-0.3, -0.25) is 0 Å². The second kappa shape index (κ2) is 3.94. The van der Waals surface area contributed by atoms with Crippen LogP contribution < -0.4 is 0 Å². The van der Waals surface area contributed by atoms with Gasteiger partial charge in [0.25, 0.3) is 0 Å². The van der Waals surface area contributed by atoms with E-state index in [0.717, 1.165) is 19.3 Å². The van der Waals surface area contributed by atoms with Crippen LogP contribution in [0.4, 0.5) is 0 Å². The van der Waals surface area contributed by atoms with Crippen molar-refractivity contribution in [1.82, 2.24) is 9.55 Å². The number of imidazole rings is 1. The Balaban J connectivity index is 2.19. The molecule has 1 aliphatic rings. The molecule has 2 N–H and O–H groups in total. The summed E-state index contributed by atoms with van der Waals surface area (Å²) in [6.07, 6.45) is 7.01. The third kappa shape index (κ3) is 1.92. The lowest BCUT2D eigenvalue weighted by Crippen LogP contribution is -2.39. The highest BCUT2D eigenvalue weighted by molar-refractivity contribution is 5.04. The van der Waals surface area contributed by atoms with E-state index in [9.17, 15) is 10.2 Å². The number of aliphatic hydroxyl groups is 2. The smallest absolute Gasteiger partial charge is 0.140 e. The molecule has 2 rings (SSSR count). The van der Waals surface area contributed by atoms with Gasteiger partial charge in [-0.1, -0.05) is 19.3 Å². The maximum Gasteiger partial charge on any atom is 0.140 e. The zero-order valence-corrected chi connectivity index (χ0v) is 9.06. The Kier molecular flexibility index (Phi) is 2.80. The minimum atomic E-state index is -0.975. The zero-order valence-electron chi connectivity index (χ0n) is 9.06. The van der Waals surface area contributed by atoms with Gasteiger partial charge in [-0.2, -0.15) is 0 Å². The summed E-state index contributed by atoms with van der Waals surface area (Å²) in [4.78, 5) is 4.09. The molecule has 4 heteroatoms. The molecule has 84 valence electrons. The van der Waals surface area contributed by atoms with Crippen LogP contribution in [0.25, 0.3) is 0 Å². The Labute approximate surface area is 89.6 Å². The minimum absolute atomic E-state index is 0.555. The summed E-state index contributed by atoms with van der Waals surface area (Å²) >= 11 is 0. The minimum Gasteiger partial charge on any atom is -0.387 e. The van der Waals surface area contributed by atoms with Crippen molar-refractivity contribution in [3.63, 3.8) is 0 Å². The maximum atomic E-state index is 10.3. The van der Waals surface area contributed by atoms with Gasteiger partial charge in [0.1, 0.15) is 11.9 Å². The number of hydrogen-bond donors (Lipinski definition) is 2. The molecule has 0 spiro atoms. The fourth-order valence-corrected chi connectivity index (χ4v) is 2.32. The largest absolute Gasteiger partial charge is 0.387 e. The number of hydrogen-bond acceptors (Lipinski definition) is 3. The van der Waals surface area contributed by atoms with E-state index >= 15 is 0 Å². The molecule has 0 amide bonds. The van der Waals surface area contributed by atoms with Gasteiger partial charge in [0, 0.05) is 19.4 Å². The van der Waals surface area contributed by atoms with Crippen LogP contribution in [-0.2, 0) is 7.05 Å². The van der Waals surface area contributed by atoms with E-state index in [0.29, 0.717) is 18.7 Å². The molecule has 0 aliphatic heterocycles. The van der Waals surface area contributed by atoms with Crippen molar-refractivity contribution in [3.05, 3.63) is 18.2 Å². The lowest BCUT2D eigenvalue weighted by atomic mass is 9.80. The summed E-state index contributed by atoms with van der Waals surface area (Å²) in [5, 5.41) is 20.5. The van der Waals surface area contributed by atoms with Crippen LogP contribution in [0.1, 0.15) is 44.0 Å². The van der Waals surface area contributed by atoms with Crippen molar-refractivity contribution in [2.24, 2.45) is 7.05 Å². The number of aryl methyl sites for hydroxylation is 1. The molecule has 0 bridgehead atoms. The molecule has 0 aromatic carbocycles. The standard InChI is InChI=1S/C11H18N2O2/c1-13-8-7-12-10(13)9(14)11(15)5-3-2-4-6-11/h7-9,14-15H,2-6H2,1H3. The molecule has 1 heterocycles. The van der Waals surface area contributed by atoms with E-state index in [-0.39, 0.29) is 0 Å². The second-order valence-corrected chi connectivity index (χ2v) is 4.46. The summed E-state index contributed by atoms with van der Waals surface area (Å²) in [6, 6.07) is 0. The third-order valence-electron chi connectivity index (χ3n) is 3.33. The molecular weight excluding hydrogens is 192 g/mol. The Morgan fingerprint density at radius 2 is 2.07 bits per heavy atom. The molecule has 0 radical (unpaired) electrons. The average molecular weight is 210 g/mol. The summed E-state index contributed by atoms with van der Waals surface area (Å²) < 4.78 is 1.76. The van der Waals surface area contributed by atoms with Gasteiger partial charge < -0.3 is 14.8 Å². The lowest BCUT2D eigenvalue weighted by Gasteiger charge is -2.35. The third-order valence-corrected chi connectivity index (χ3v) is 3.33. The van der Waals surface area contributed by atoms with Crippen LogP contribution in [0.3, 0.4) is 0 Å². The van der Waals surface area contributed by atoms with Crippen molar-refractivity contribution in [2.45, 2.75) is 43.8 Å². The van der Waals surface area contributed by atoms with Crippen LogP contribution in [0.2, 0.25) is 0 Å². The maximum absolute atomic E-state index is 10.3. The first-order valence-corrected chi connectivity index (χ1v) is 5.51. The summed E-state index contributed by atoms with van der Waals surface area (Å²) in [5.41, 5.74) is -0.975. The van der Waals surface area contributed by atoms with Crippen LogP contribution >= 0.6 is 0 Å². The van der Waals surface area contributed by atoms with Gasteiger partial charge >= 0.3 is 0 Å². The number of nitrogens with zero attached hydrogens (tertiary/aromatic N) is 2. The Morgan fingerprint density at radius 1 is 1.40 bits per heavy atom. The molecule has 4 nitrogen and oxygen atoms in total. The lowest BCUT2D eigenvalue weighted by molar-refractivity contribution is -0.103. The van der Waals surface area contributed by atoms with E-state index in [1.165, 1.54) is 0 Å². The topological polar surface area (TPSA) is 58.3 Å². The SMILES string of the molecule is Cn1ccnc1C(O)C1(O)CCCCC1. The molecule has 1 aromatic heterocycles. The molecular formula is C11H18N2O2. The Morgan fingerprint density at radius 3 is 2.60 bits per heavy atom. The van der Waals surface area contributed by atoms with Crippen molar-refractivity contribution in [3.8, 4) is 0 Å². The average Bonchev–Trinajstić information content (AvgIpc) is 2.64. The van der Waals surface area contributed by atoms with E-state index in [4.69, 9.17) is 0 Å². The fraction of sp³-hybridized carbons (Fsp3) is 0.727. The fourth-order valence-electron chi connectivity index (χ4n) is 2.32. The second-order valence-electron chi connectivity index (χ2n) is 4.46. The highest BCUT2D eigenvalue weighted by atomic mass is 16.3. The summed E-state index contributed by atoms with van der Waals surface area (Å²) in [7, 11) is 1.83. The van der Waals surface area contributed by atoms with E-state index in [2.05, 4.69) is 4.98 Å². The molecule has 1 aliphatic carbocycles. The van der Waals surface area contributed by atoms with Gasteiger partial charge in [0.05, 0.1) is 5.60 Å². The van der Waals surface area contributed by atoms with Gasteiger partial charge in [-0.25, -0.2) is 4.98 Å². The molecule has 1 atom stereocenters. The Hall–Kier alpha value is -0.870. The predicted molar refractivity (Wildman–Crippen MR) is 56.2 cm³/mol. The quantitative estimate of drug-likeness (QED) is 0.769. The number of aliphatic hydroxyl groups excluding tert-OH is 1. The van der Waals surface area contributed by atoms with Crippen molar-refractivity contribution >= 4 is 0 Å². The first-order chi connectivity index (χ1) is 7.13. The van der Waals surface area contributed by atoms with Crippen LogP contribution in [0.5, 0.6) is 0 Å². The van der Waals surface area contributed by atoms with Crippen molar-refractivity contribution in [1.29, 1.82) is 0 Å². The molecule has 1 saturated carbocycles. The highest BCUT2D eigenvalue weighted by Crippen LogP contribution is 2.37. The van der Waals surface area contributed by atoms with Crippen LogP contribution in [-0.4, -0.2) is 25.4 Å². The molecule has 1 unspecified atom stereocenters. The molecule has 1 fully saturated rings. The van der Waals surface area contributed by atoms with Gasteiger partial charge in [0.2, 0.25) is 0 Å². The van der Waals surface area contributed by atoms with Crippen molar-refractivity contribution in [2.75, 3.05) is 0 Å². The van der Waals surface area contributed by atoms with E-state index < -0.39 is 11.7 Å². The molecule has 0 saturated heterocycles. The summed E-state index contributed by atoms with van der Waals surface area (Å²) in [6.45, 7) is 0. The Bertz CT molecular complexity index is 329. The monoisotopic (exact) mass is 210 g/mol. The normalized spacial score (nSPS) is 22.6. The zero-order chi connectivity index (χ0) is 10.9. The molecule has 1 aromatic rings. The van der Waals surface area contributed by atoms with Gasteiger partial charge in [-0.05, 0) is 12.8 Å². The van der Waals surface area contributed by atoms with Crippen LogP contribution in [0, 0.1) is 0 Å². The van der Waals surface area contributed by atoms with Crippen molar-refractivity contribution < 1.29 is 10.2 Å². The number of aromatic nitrogens is 2. The molecule has 15 heavy (non-hydrogen) atoms. The predicted octanol–water partition coefficient (Wildman–Crippen LogP) is 1.15. The van der Waals surface area contributed by atoms with E-state index in [1.54, 1.807) is 17.0 Å². The number of rotatable bonds is 2. The van der Waals surface area contributed by atoms with Gasteiger partial charge in [-0.15, -0.1) is 0 Å². The summed E-state index contributed by atoms with van der Waals surface area (Å²) in [5.74, 6) is 0.555. The van der Waals surface area contributed by atoms with Crippen LogP contribution in [0.15, 0.2) is 12.4 Å². The first-order valence-electron chi connectivity index (χ1n) is 5.51. The highest BCUT2D eigenvalue weighted by Gasteiger charge is 2.39. The van der Waals surface area contributed by atoms with E-state index in [1.807, 2.05) is 7.05 Å². The first kappa shape index (κ1) is 10.6.